The molecule has 0 spiro atoms. The highest BCUT2D eigenvalue weighted by Gasteiger charge is 2.12. The van der Waals surface area contributed by atoms with Gasteiger partial charge >= 0.3 is 0 Å². The molecule has 1 fully saturated rings. The van der Waals surface area contributed by atoms with E-state index in [2.05, 4.69) is 25.2 Å². The first-order valence-corrected chi connectivity index (χ1v) is 6.61. The molecule has 0 bridgehead atoms. The van der Waals surface area contributed by atoms with Crippen molar-refractivity contribution in [3.8, 4) is 0 Å². The average molecular weight is 245 g/mol. The summed E-state index contributed by atoms with van der Waals surface area (Å²) >= 11 is 0. The van der Waals surface area contributed by atoms with Gasteiger partial charge in [0.15, 0.2) is 5.65 Å². The molecule has 0 amide bonds. The number of nitrogens with zero attached hydrogens (tertiary/aromatic N) is 3. The summed E-state index contributed by atoms with van der Waals surface area (Å²) in [6.45, 7) is 3.57. The van der Waals surface area contributed by atoms with Gasteiger partial charge in [-0.15, -0.1) is 0 Å². The van der Waals surface area contributed by atoms with Crippen LogP contribution < -0.4 is 5.32 Å². The zero-order valence-electron chi connectivity index (χ0n) is 10.7. The number of pyridine rings is 1. The lowest BCUT2D eigenvalue weighted by atomic mass is 10.4. The quantitative estimate of drug-likeness (QED) is 0.859. The lowest BCUT2D eigenvalue weighted by Crippen LogP contribution is -2.22. The molecule has 1 saturated heterocycles. The topological polar surface area (TPSA) is 56.8 Å². The molecule has 0 atom stereocenters. The molecule has 96 valence electrons. The lowest BCUT2D eigenvalue weighted by Gasteiger charge is -2.12. The normalized spacial score (nSPS) is 16.5. The van der Waals surface area contributed by atoms with Gasteiger partial charge in [-0.25, -0.2) is 9.97 Å². The highest BCUT2D eigenvalue weighted by molar-refractivity contribution is 5.72. The van der Waals surface area contributed by atoms with Gasteiger partial charge in [0.1, 0.15) is 11.6 Å². The van der Waals surface area contributed by atoms with E-state index >= 15 is 0 Å². The Hall–Kier alpha value is -1.62. The van der Waals surface area contributed by atoms with Gasteiger partial charge in [-0.3, -0.25) is 0 Å². The molecule has 0 aliphatic carbocycles. The van der Waals surface area contributed by atoms with Crippen LogP contribution in [0, 0.1) is 0 Å². The lowest BCUT2D eigenvalue weighted by molar-refractivity contribution is 0.341. The zero-order valence-corrected chi connectivity index (χ0v) is 10.7. The third-order valence-electron chi connectivity index (χ3n) is 3.51. The number of aromatic amines is 1. The maximum atomic E-state index is 4.55. The van der Waals surface area contributed by atoms with Crippen LogP contribution in [0.2, 0.25) is 0 Å². The first-order valence-electron chi connectivity index (χ1n) is 6.61. The predicted octanol–water partition coefficient (Wildman–Crippen LogP) is 1.64. The van der Waals surface area contributed by atoms with Crippen LogP contribution in [0.4, 0.5) is 5.82 Å². The Bertz CT molecular complexity index is 527. The van der Waals surface area contributed by atoms with Gasteiger partial charge in [-0.2, -0.15) is 0 Å². The number of imidazole rings is 1. The van der Waals surface area contributed by atoms with Crippen LogP contribution in [0.25, 0.3) is 11.2 Å². The van der Waals surface area contributed by atoms with Crippen molar-refractivity contribution < 1.29 is 0 Å². The van der Waals surface area contributed by atoms with E-state index in [-0.39, 0.29) is 0 Å². The third kappa shape index (κ3) is 2.31. The largest absolute Gasteiger partial charge is 0.373 e. The van der Waals surface area contributed by atoms with E-state index in [0.717, 1.165) is 35.8 Å². The molecule has 3 rings (SSSR count). The predicted molar refractivity (Wildman–Crippen MR) is 72.8 cm³/mol. The fourth-order valence-electron chi connectivity index (χ4n) is 2.47. The number of fused-ring (bicyclic) bond motifs is 1. The fourth-order valence-corrected chi connectivity index (χ4v) is 2.47. The van der Waals surface area contributed by atoms with Crippen LogP contribution in [-0.4, -0.2) is 46.5 Å². The first-order chi connectivity index (χ1) is 8.85. The Morgan fingerprint density at radius 3 is 2.89 bits per heavy atom. The SMILES string of the molecule is CNc1ccc2[nH]c(CCN3CCCC3)nc2n1. The minimum Gasteiger partial charge on any atom is -0.373 e. The molecule has 1 aliphatic rings. The van der Waals surface area contributed by atoms with Crippen molar-refractivity contribution in [2.45, 2.75) is 19.3 Å². The molecule has 2 aromatic rings. The van der Waals surface area contributed by atoms with Gasteiger partial charge in [0.05, 0.1) is 5.52 Å². The van der Waals surface area contributed by atoms with Crippen molar-refractivity contribution in [3.63, 3.8) is 0 Å². The number of hydrogen-bond donors (Lipinski definition) is 2. The first kappa shape index (κ1) is 11.5. The summed E-state index contributed by atoms with van der Waals surface area (Å²) < 4.78 is 0. The number of hydrogen-bond acceptors (Lipinski definition) is 4. The Labute approximate surface area is 107 Å². The Morgan fingerprint density at radius 1 is 1.28 bits per heavy atom. The number of anilines is 1. The van der Waals surface area contributed by atoms with E-state index < -0.39 is 0 Å². The number of nitrogens with one attached hydrogen (secondary N) is 2. The monoisotopic (exact) mass is 245 g/mol. The van der Waals surface area contributed by atoms with Gasteiger partial charge in [0.25, 0.3) is 0 Å². The summed E-state index contributed by atoms with van der Waals surface area (Å²) in [5.74, 6) is 1.90. The molecule has 1 aliphatic heterocycles. The molecule has 0 unspecified atom stereocenters. The molecule has 2 N–H and O–H groups in total. The highest BCUT2D eigenvalue weighted by atomic mass is 15.1. The van der Waals surface area contributed by atoms with E-state index in [9.17, 15) is 0 Å². The summed E-state index contributed by atoms with van der Waals surface area (Å²) in [5.41, 5.74) is 1.82. The minimum atomic E-state index is 0.804. The zero-order chi connectivity index (χ0) is 12.4. The van der Waals surface area contributed by atoms with Crippen LogP contribution in [0.3, 0.4) is 0 Å². The van der Waals surface area contributed by atoms with Gasteiger partial charge in [-0.05, 0) is 38.1 Å². The molecule has 5 nitrogen and oxygen atoms in total. The summed E-state index contributed by atoms with van der Waals surface area (Å²) in [4.78, 5) is 14.8. The second-order valence-electron chi connectivity index (χ2n) is 4.80. The van der Waals surface area contributed by atoms with Gasteiger partial charge in [-0.1, -0.05) is 0 Å². The molecule has 18 heavy (non-hydrogen) atoms. The maximum Gasteiger partial charge on any atom is 0.179 e. The number of likely N-dealkylation sites (tertiary alicyclic amines) is 1. The number of H-pyrrole nitrogens is 1. The van der Waals surface area contributed by atoms with Crippen LogP contribution in [0.1, 0.15) is 18.7 Å². The van der Waals surface area contributed by atoms with Gasteiger partial charge < -0.3 is 15.2 Å². The van der Waals surface area contributed by atoms with Crippen LogP contribution >= 0.6 is 0 Å². The van der Waals surface area contributed by atoms with Crippen molar-refractivity contribution in [2.24, 2.45) is 0 Å². The second kappa shape index (κ2) is 4.94. The van der Waals surface area contributed by atoms with E-state index in [1.165, 1.54) is 25.9 Å². The Balaban J connectivity index is 1.72. The van der Waals surface area contributed by atoms with E-state index in [4.69, 9.17) is 0 Å². The Morgan fingerprint density at radius 2 is 2.11 bits per heavy atom. The molecule has 0 radical (unpaired) electrons. The van der Waals surface area contributed by atoms with Crippen LogP contribution in [0.5, 0.6) is 0 Å². The minimum absolute atomic E-state index is 0.804. The van der Waals surface area contributed by atoms with Crippen molar-refractivity contribution in [1.29, 1.82) is 0 Å². The highest BCUT2D eigenvalue weighted by Crippen LogP contribution is 2.14. The molecule has 3 heterocycles. The van der Waals surface area contributed by atoms with Crippen LogP contribution in [-0.2, 0) is 6.42 Å². The maximum absolute atomic E-state index is 4.55. The molecular weight excluding hydrogens is 226 g/mol. The summed E-state index contributed by atoms with van der Waals surface area (Å²) in [5, 5.41) is 3.03. The summed E-state index contributed by atoms with van der Waals surface area (Å²) in [6.07, 6.45) is 3.66. The molecule has 5 heteroatoms. The molecule has 0 aromatic carbocycles. The smallest absolute Gasteiger partial charge is 0.179 e. The molecular formula is C13H19N5. The van der Waals surface area contributed by atoms with Gasteiger partial charge in [0.2, 0.25) is 0 Å². The Kier molecular flexibility index (Phi) is 3.15. The average Bonchev–Trinajstić information content (AvgIpc) is 3.04. The fraction of sp³-hybridized carbons (Fsp3) is 0.538. The van der Waals surface area contributed by atoms with E-state index in [1.807, 2.05) is 19.2 Å². The summed E-state index contributed by atoms with van der Waals surface area (Å²) in [6, 6.07) is 3.99. The standard InChI is InChI=1S/C13H19N5/c1-14-11-5-4-10-13(16-11)17-12(15-10)6-9-18-7-2-3-8-18/h4-5H,2-3,6-9H2,1H3,(H2,14,15,16,17). The number of aromatic nitrogens is 3. The second-order valence-corrected chi connectivity index (χ2v) is 4.80. The van der Waals surface area contributed by atoms with E-state index in [0.29, 0.717) is 0 Å². The van der Waals surface area contributed by atoms with Crippen molar-refractivity contribution >= 4 is 17.0 Å². The van der Waals surface area contributed by atoms with Crippen molar-refractivity contribution in [1.82, 2.24) is 19.9 Å². The third-order valence-corrected chi connectivity index (χ3v) is 3.51. The van der Waals surface area contributed by atoms with Crippen molar-refractivity contribution in [3.05, 3.63) is 18.0 Å². The van der Waals surface area contributed by atoms with E-state index in [1.54, 1.807) is 0 Å². The van der Waals surface area contributed by atoms with Gasteiger partial charge in [0, 0.05) is 20.0 Å². The van der Waals surface area contributed by atoms with Crippen LogP contribution in [0.15, 0.2) is 12.1 Å². The van der Waals surface area contributed by atoms with Crippen molar-refractivity contribution in [2.75, 3.05) is 32.0 Å². The molecule has 2 aromatic heterocycles. The summed E-state index contributed by atoms with van der Waals surface area (Å²) in [7, 11) is 1.87. The molecule has 0 saturated carbocycles. The number of rotatable bonds is 4.